The van der Waals surface area contributed by atoms with Crippen molar-refractivity contribution < 1.29 is 23.5 Å². The zero-order valence-electron chi connectivity index (χ0n) is 23.5. The molecule has 4 aromatic rings. The molecule has 0 radical (unpaired) electrons. The van der Waals surface area contributed by atoms with Crippen molar-refractivity contribution in [3.05, 3.63) is 99.4 Å². The van der Waals surface area contributed by atoms with Crippen molar-refractivity contribution in [2.75, 3.05) is 25.2 Å². The molecule has 2 heterocycles. The topological polar surface area (TPSA) is 101 Å². The molecule has 3 amide bonds. The lowest BCUT2D eigenvalue weighted by atomic mass is 10.1. The van der Waals surface area contributed by atoms with Gasteiger partial charge in [0.05, 0.1) is 23.8 Å². The number of urea groups is 1. The second kappa shape index (κ2) is 13.0. The van der Waals surface area contributed by atoms with Crippen LogP contribution in [0.25, 0.3) is 11.0 Å². The van der Waals surface area contributed by atoms with Gasteiger partial charge in [0, 0.05) is 23.8 Å². The minimum atomic E-state index is -0.377. The molecule has 9 nitrogen and oxygen atoms in total. The van der Waals surface area contributed by atoms with Gasteiger partial charge in [0.1, 0.15) is 12.1 Å². The highest BCUT2D eigenvalue weighted by Gasteiger charge is 2.24. The van der Waals surface area contributed by atoms with Crippen LogP contribution in [0.15, 0.2) is 82.2 Å². The highest BCUT2D eigenvalue weighted by Crippen LogP contribution is 2.33. The summed E-state index contributed by atoms with van der Waals surface area (Å²) in [6, 6.07) is 19.0. The van der Waals surface area contributed by atoms with Crippen molar-refractivity contribution >= 4 is 40.2 Å². The minimum Gasteiger partial charge on any atom is -0.464 e. The van der Waals surface area contributed by atoms with Gasteiger partial charge in [-0.15, -0.1) is 0 Å². The molecule has 1 aromatic heterocycles. The summed E-state index contributed by atoms with van der Waals surface area (Å²) in [4.78, 5) is 43.7. The summed E-state index contributed by atoms with van der Waals surface area (Å²) < 4.78 is 16.7. The number of benzene rings is 3. The van der Waals surface area contributed by atoms with Gasteiger partial charge in [0.15, 0.2) is 16.9 Å². The molecule has 218 valence electrons. The zero-order chi connectivity index (χ0) is 29.6. The maximum atomic E-state index is 13.9. The van der Waals surface area contributed by atoms with E-state index in [4.69, 9.17) is 25.5 Å². The Kier molecular flexibility index (Phi) is 8.97. The Balaban J connectivity index is 1.43. The van der Waals surface area contributed by atoms with E-state index < -0.39 is 0 Å². The van der Waals surface area contributed by atoms with Gasteiger partial charge in [-0.3, -0.25) is 9.59 Å². The first kappa shape index (κ1) is 29.0. The fourth-order valence-corrected chi connectivity index (χ4v) is 4.78. The summed E-state index contributed by atoms with van der Waals surface area (Å²) in [6.07, 6.45) is 2.09. The number of fused-ring (bicyclic) bond motifs is 2. The van der Waals surface area contributed by atoms with Crippen LogP contribution in [-0.4, -0.2) is 41.6 Å². The van der Waals surface area contributed by atoms with E-state index in [1.54, 1.807) is 41.3 Å². The number of nitrogens with one attached hydrogen (secondary N) is 1. The number of para-hydroxylation sites is 1. The first-order valence-electron chi connectivity index (χ1n) is 13.7. The van der Waals surface area contributed by atoms with Crippen LogP contribution < -0.4 is 20.2 Å². The van der Waals surface area contributed by atoms with Crippen LogP contribution in [0.2, 0.25) is 5.02 Å². The molecule has 5 rings (SSSR count). The molecule has 0 saturated heterocycles. The molecule has 0 unspecified atom stereocenters. The van der Waals surface area contributed by atoms with Gasteiger partial charge in [0.25, 0.3) is 0 Å². The van der Waals surface area contributed by atoms with E-state index in [0.717, 1.165) is 5.56 Å². The molecule has 0 atom stereocenters. The lowest BCUT2D eigenvalue weighted by Gasteiger charge is -2.28. The fourth-order valence-electron chi connectivity index (χ4n) is 4.60. The number of rotatable bonds is 10. The summed E-state index contributed by atoms with van der Waals surface area (Å²) in [5.74, 6) is 1.21. The molecule has 0 bridgehead atoms. The standard InChI is InChI=1S/C32H32ClN3O6/c1-21(2)12-13-35(32(39)34-25-6-4-3-5-7-25)18-30(37)36(16-22-8-10-28-29(14-22)42-20-41-28)17-23-19-40-27-11-9-24(33)15-26(27)31(23)38/h3-11,14-15,19,21H,12-13,16-18,20H2,1-2H3,(H,34,39). The van der Waals surface area contributed by atoms with Crippen molar-refractivity contribution in [3.8, 4) is 11.5 Å². The van der Waals surface area contributed by atoms with Gasteiger partial charge in [-0.2, -0.15) is 0 Å². The van der Waals surface area contributed by atoms with E-state index in [0.29, 0.717) is 57.6 Å². The molecular formula is C32H32ClN3O6. The molecule has 1 aliphatic heterocycles. The largest absolute Gasteiger partial charge is 0.464 e. The SMILES string of the molecule is CC(C)CCN(CC(=O)N(Cc1ccc2c(c1)OCO2)Cc1coc2ccc(Cl)cc2c1=O)C(=O)Nc1ccccc1. The third kappa shape index (κ3) is 7.03. The number of hydrogen-bond acceptors (Lipinski definition) is 6. The lowest BCUT2D eigenvalue weighted by molar-refractivity contribution is -0.133. The summed E-state index contributed by atoms with van der Waals surface area (Å²) in [7, 11) is 0. The third-order valence-electron chi connectivity index (χ3n) is 6.95. The van der Waals surface area contributed by atoms with Crippen molar-refractivity contribution in [2.45, 2.75) is 33.4 Å². The Morgan fingerprint density at radius 1 is 0.952 bits per heavy atom. The first-order chi connectivity index (χ1) is 20.3. The van der Waals surface area contributed by atoms with Crippen molar-refractivity contribution in [1.29, 1.82) is 0 Å². The van der Waals surface area contributed by atoms with Gasteiger partial charge >= 0.3 is 6.03 Å². The predicted molar refractivity (Wildman–Crippen MR) is 161 cm³/mol. The normalized spacial score (nSPS) is 12.0. The number of amides is 3. The molecule has 1 N–H and O–H groups in total. The van der Waals surface area contributed by atoms with Crippen LogP contribution in [0.5, 0.6) is 11.5 Å². The Hall–Kier alpha value is -4.50. The summed E-state index contributed by atoms with van der Waals surface area (Å²) in [5.41, 5.74) is 1.83. The van der Waals surface area contributed by atoms with Gasteiger partial charge in [-0.05, 0) is 60.4 Å². The molecule has 1 aliphatic rings. The molecule has 0 spiro atoms. The zero-order valence-corrected chi connectivity index (χ0v) is 24.2. The molecule has 42 heavy (non-hydrogen) atoms. The van der Waals surface area contributed by atoms with Crippen LogP contribution in [-0.2, 0) is 17.9 Å². The summed E-state index contributed by atoms with van der Waals surface area (Å²) in [6.45, 7) is 4.59. The van der Waals surface area contributed by atoms with Crippen molar-refractivity contribution in [2.24, 2.45) is 5.92 Å². The number of carbonyl (C=O) groups excluding carboxylic acids is 2. The highest BCUT2D eigenvalue weighted by molar-refractivity contribution is 6.31. The molecule has 10 heteroatoms. The van der Waals surface area contributed by atoms with Gasteiger partial charge in [0.2, 0.25) is 12.7 Å². The van der Waals surface area contributed by atoms with Gasteiger partial charge in [-0.1, -0.05) is 49.7 Å². The van der Waals surface area contributed by atoms with Crippen LogP contribution in [0.4, 0.5) is 10.5 Å². The average Bonchev–Trinajstić information content (AvgIpc) is 3.45. The van der Waals surface area contributed by atoms with Gasteiger partial charge < -0.3 is 29.0 Å². The quantitative estimate of drug-likeness (QED) is 0.233. The van der Waals surface area contributed by atoms with Crippen molar-refractivity contribution in [1.82, 2.24) is 9.80 Å². The Bertz CT molecular complexity index is 1640. The van der Waals surface area contributed by atoms with Crippen LogP contribution in [0.3, 0.4) is 0 Å². The number of carbonyl (C=O) groups is 2. The average molecular weight is 590 g/mol. The van der Waals surface area contributed by atoms with E-state index >= 15 is 0 Å². The fraction of sp³-hybridized carbons (Fsp3) is 0.281. The van der Waals surface area contributed by atoms with Crippen LogP contribution in [0.1, 0.15) is 31.4 Å². The first-order valence-corrected chi connectivity index (χ1v) is 14.1. The van der Waals surface area contributed by atoms with E-state index in [1.165, 1.54) is 11.2 Å². The predicted octanol–water partition coefficient (Wildman–Crippen LogP) is 6.28. The maximum absolute atomic E-state index is 13.9. The highest BCUT2D eigenvalue weighted by atomic mass is 35.5. The second-order valence-electron chi connectivity index (χ2n) is 10.6. The number of ether oxygens (including phenoxy) is 2. The number of nitrogens with zero attached hydrogens (tertiary/aromatic N) is 2. The molecule has 0 fully saturated rings. The van der Waals surface area contributed by atoms with E-state index in [1.807, 2.05) is 30.3 Å². The summed E-state index contributed by atoms with van der Waals surface area (Å²) >= 11 is 6.14. The molecule has 3 aromatic carbocycles. The van der Waals surface area contributed by atoms with Crippen molar-refractivity contribution in [3.63, 3.8) is 0 Å². The molecule has 0 aliphatic carbocycles. The maximum Gasteiger partial charge on any atom is 0.322 e. The van der Waals surface area contributed by atoms with E-state index in [9.17, 15) is 14.4 Å². The Morgan fingerprint density at radius 2 is 1.74 bits per heavy atom. The second-order valence-corrected chi connectivity index (χ2v) is 11.0. The van der Waals surface area contributed by atoms with E-state index in [2.05, 4.69) is 19.2 Å². The molecular weight excluding hydrogens is 558 g/mol. The van der Waals surface area contributed by atoms with Gasteiger partial charge in [-0.25, -0.2) is 4.79 Å². The Labute approximate surface area is 248 Å². The molecule has 0 saturated carbocycles. The van der Waals surface area contributed by atoms with Crippen LogP contribution in [0, 0.1) is 5.92 Å². The minimum absolute atomic E-state index is 0.0314. The van der Waals surface area contributed by atoms with E-state index in [-0.39, 0.29) is 43.8 Å². The smallest absolute Gasteiger partial charge is 0.322 e. The number of halogens is 1. The third-order valence-corrected chi connectivity index (χ3v) is 7.18. The Morgan fingerprint density at radius 3 is 2.52 bits per heavy atom. The number of hydrogen-bond donors (Lipinski definition) is 1. The van der Waals surface area contributed by atoms with Crippen LogP contribution >= 0.6 is 11.6 Å². The monoisotopic (exact) mass is 589 g/mol. The summed E-state index contributed by atoms with van der Waals surface area (Å²) in [5, 5.41) is 3.62. The number of anilines is 1. The lowest BCUT2D eigenvalue weighted by Crippen LogP contribution is -2.45.